The monoisotopic (exact) mass is 563 g/mol. The molecule has 3 aromatic rings. The highest BCUT2D eigenvalue weighted by Crippen LogP contribution is 2.34. The Bertz CT molecular complexity index is 1360. The van der Waals surface area contributed by atoms with E-state index in [0.29, 0.717) is 23.6 Å². The molecule has 1 aliphatic heterocycles. The van der Waals surface area contributed by atoms with Crippen molar-refractivity contribution in [1.29, 1.82) is 0 Å². The first-order chi connectivity index (χ1) is 17.6. The number of aromatic nitrogens is 2. The molecule has 0 saturated carbocycles. The summed E-state index contributed by atoms with van der Waals surface area (Å²) in [6.45, 7) is 7.26. The number of piperazine rings is 1. The van der Waals surface area contributed by atoms with Crippen LogP contribution in [0, 0.1) is 0 Å². The molecule has 3 N–H and O–H groups in total. The maximum Gasteiger partial charge on any atom is 0.238 e. The lowest BCUT2D eigenvalue weighted by atomic mass is 10.2. The topological polar surface area (TPSA) is 120 Å². The minimum Gasteiger partial charge on any atom is -0.337 e. The van der Waals surface area contributed by atoms with Crippen molar-refractivity contribution >= 4 is 67.5 Å². The van der Waals surface area contributed by atoms with Crippen LogP contribution in [0.5, 0.6) is 0 Å². The van der Waals surface area contributed by atoms with Crippen LogP contribution >= 0.6 is 22.9 Å². The normalized spacial score (nSPS) is 15.1. The second-order valence-electron chi connectivity index (χ2n) is 9.06. The van der Waals surface area contributed by atoms with E-state index in [4.69, 9.17) is 11.6 Å². The largest absolute Gasteiger partial charge is 0.337 e. The molecule has 1 amide bonds. The number of halogens is 1. The maximum atomic E-state index is 12.7. The second kappa shape index (κ2) is 11.7. The van der Waals surface area contributed by atoms with Gasteiger partial charge in [0.2, 0.25) is 11.9 Å². The average molecular weight is 564 g/mol. The van der Waals surface area contributed by atoms with Crippen LogP contribution in [-0.4, -0.2) is 79.1 Å². The Morgan fingerprint density at radius 3 is 2.59 bits per heavy atom. The molecule has 13 heteroatoms. The highest BCUT2D eigenvalue weighted by molar-refractivity contribution is 7.94. The van der Waals surface area contributed by atoms with Crippen LogP contribution in [0.3, 0.4) is 0 Å². The van der Waals surface area contributed by atoms with E-state index in [1.54, 1.807) is 31.4 Å². The van der Waals surface area contributed by atoms with E-state index in [-0.39, 0.29) is 26.9 Å². The number of likely N-dealkylation sites (N-methyl/N-ethyl adjacent to an activating group) is 1. The van der Waals surface area contributed by atoms with Gasteiger partial charge in [-0.15, -0.1) is 11.3 Å². The van der Waals surface area contributed by atoms with Gasteiger partial charge in [0.05, 0.1) is 23.7 Å². The highest BCUT2D eigenvalue weighted by Gasteiger charge is 2.25. The zero-order valence-electron chi connectivity index (χ0n) is 20.9. The summed E-state index contributed by atoms with van der Waals surface area (Å²) in [5.41, 5.74) is 1.73. The number of rotatable bonds is 9. The van der Waals surface area contributed by atoms with Crippen molar-refractivity contribution < 1.29 is 13.2 Å². The fraction of sp³-hybridized carbons (Fsp3) is 0.375. The Kier molecular flexibility index (Phi) is 8.65. The molecule has 4 rings (SSSR count). The number of benzene rings is 1. The van der Waals surface area contributed by atoms with Crippen molar-refractivity contribution in [2.24, 2.45) is 0 Å². The number of hydrogen-bond acceptors (Lipinski definition) is 10. The zero-order chi connectivity index (χ0) is 26.6. The van der Waals surface area contributed by atoms with Gasteiger partial charge >= 0.3 is 0 Å². The van der Waals surface area contributed by atoms with Crippen LogP contribution in [-0.2, 0) is 14.6 Å². The van der Waals surface area contributed by atoms with Gasteiger partial charge in [-0.2, -0.15) is 4.98 Å². The predicted octanol–water partition coefficient (Wildman–Crippen LogP) is 4.05. The summed E-state index contributed by atoms with van der Waals surface area (Å²) in [7, 11) is -1.39. The lowest BCUT2D eigenvalue weighted by Crippen LogP contribution is -2.47. The SMILES string of the molecule is CC(C)S(=O)(=O)c1sccc1Nc1nc(Nc2cccc(NC(=O)CN3CCN(C)CC3)c2)ncc1Cl. The average Bonchev–Trinajstić information content (AvgIpc) is 3.32. The number of carbonyl (C=O) groups is 1. The lowest BCUT2D eigenvalue weighted by Gasteiger charge is -2.31. The summed E-state index contributed by atoms with van der Waals surface area (Å²) in [6.07, 6.45) is 1.43. The minimum absolute atomic E-state index is 0.0705. The summed E-state index contributed by atoms with van der Waals surface area (Å²) < 4.78 is 25.6. The van der Waals surface area contributed by atoms with E-state index in [2.05, 4.69) is 42.8 Å². The van der Waals surface area contributed by atoms with Gasteiger partial charge in [0.25, 0.3) is 0 Å². The van der Waals surface area contributed by atoms with Gasteiger partial charge in [0.1, 0.15) is 9.23 Å². The van der Waals surface area contributed by atoms with Crippen molar-refractivity contribution in [2.45, 2.75) is 23.3 Å². The van der Waals surface area contributed by atoms with E-state index in [0.717, 1.165) is 37.5 Å². The first-order valence-electron chi connectivity index (χ1n) is 11.8. The minimum atomic E-state index is -3.47. The van der Waals surface area contributed by atoms with E-state index in [1.807, 2.05) is 18.2 Å². The Morgan fingerprint density at radius 1 is 1.14 bits per heavy atom. The van der Waals surface area contributed by atoms with Gasteiger partial charge in [-0.3, -0.25) is 9.69 Å². The number of amides is 1. The number of nitrogens with zero attached hydrogens (tertiary/aromatic N) is 4. The molecule has 10 nitrogen and oxygen atoms in total. The summed E-state index contributed by atoms with van der Waals surface area (Å²) in [4.78, 5) is 25.6. The molecular weight excluding hydrogens is 534 g/mol. The van der Waals surface area contributed by atoms with Crippen molar-refractivity contribution in [3.63, 3.8) is 0 Å². The smallest absolute Gasteiger partial charge is 0.238 e. The molecule has 1 aromatic carbocycles. The van der Waals surface area contributed by atoms with Crippen LogP contribution in [0.4, 0.5) is 28.8 Å². The molecule has 37 heavy (non-hydrogen) atoms. The Labute approximate surface area is 226 Å². The third kappa shape index (κ3) is 6.96. The van der Waals surface area contributed by atoms with E-state index in [1.165, 1.54) is 6.20 Å². The number of carbonyl (C=O) groups excluding carboxylic acids is 1. The van der Waals surface area contributed by atoms with Crippen LogP contribution in [0.15, 0.2) is 46.1 Å². The first-order valence-corrected chi connectivity index (χ1v) is 14.6. The molecule has 0 unspecified atom stereocenters. The molecule has 198 valence electrons. The molecule has 0 radical (unpaired) electrons. The third-order valence-corrected chi connectivity index (χ3v) is 9.82. The van der Waals surface area contributed by atoms with Gasteiger partial charge in [0.15, 0.2) is 15.7 Å². The summed E-state index contributed by atoms with van der Waals surface area (Å²) in [6, 6.07) is 8.93. The Hall–Kier alpha value is -2.77. The standard InChI is InChI=1S/C24H30ClN7O3S2/c1-16(2)37(34,35)23-20(7-12-36-23)29-22-19(25)14-26-24(30-22)28-18-6-4-5-17(13-18)27-21(33)15-32-10-8-31(3)9-11-32/h4-7,12-14,16H,8-11,15H2,1-3H3,(H,27,33)(H2,26,28,29,30). The summed E-state index contributed by atoms with van der Waals surface area (Å²) >= 11 is 7.44. The van der Waals surface area contributed by atoms with E-state index in [9.17, 15) is 13.2 Å². The molecule has 1 saturated heterocycles. The molecule has 1 aliphatic rings. The van der Waals surface area contributed by atoms with Crippen LogP contribution in [0.1, 0.15) is 13.8 Å². The highest BCUT2D eigenvalue weighted by atomic mass is 35.5. The van der Waals surface area contributed by atoms with Gasteiger partial charge in [0, 0.05) is 37.6 Å². The molecular formula is C24H30ClN7O3S2. The molecule has 0 atom stereocenters. The number of sulfone groups is 1. The van der Waals surface area contributed by atoms with Gasteiger partial charge < -0.3 is 20.9 Å². The third-order valence-electron chi connectivity index (χ3n) is 5.87. The molecule has 2 aromatic heterocycles. The van der Waals surface area contributed by atoms with Gasteiger partial charge in [-0.05, 0) is 50.5 Å². The second-order valence-corrected chi connectivity index (χ2v) is 13.1. The number of nitrogens with one attached hydrogen (secondary N) is 3. The molecule has 0 bridgehead atoms. The number of hydrogen-bond donors (Lipinski definition) is 3. The summed E-state index contributed by atoms with van der Waals surface area (Å²) in [5, 5.41) is 10.5. The Morgan fingerprint density at radius 2 is 1.86 bits per heavy atom. The van der Waals surface area contributed by atoms with Crippen LogP contribution in [0.2, 0.25) is 5.02 Å². The fourth-order valence-electron chi connectivity index (χ4n) is 3.68. The summed E-state index contributed by atoms with van der Waals surface area (Å²) in [5.74, 6) is 0.463. The zero-order valence-corrected chi connectivity index (χ0v) is 23.3. The fourth-order valence-corrected chi connectivity index (χ4v) is 6.52. The molecule has 0 spiro atoms. The van der Waals surface area contributed by atoms with Gasteiger partial charge in [-0.1, -0.05) is 17.7 Å². The number of anilines is 5. The molecule has 1 fully saturated rings. The van der Waals surface area contributed by atoms with Gasteiger partial charge in [-0.25, -0.2) is 13.4 Å². The van der Waals surface area contributed by atoms with Crippen LogP contribution < -0.4 is 16.0 Å². The predicted molar refractivity (Wildman–Crippen MR) is 149 cm³/mol. The van der Waals surface area contributed by atoms with E-state index < -0.39 is 15.1 Å². The number of thiophene rings is 1. The first kappa shape index (κ1) is 27.3. The maximum absolute atomic E-state index is 12.7. The Balaban J connectivity index is 1.43. The van der Waals surface area contributed by atoms with Crippen molar-refractivity contribution in [3.05, 3.63) is 46.9 Å². The van der Waals surface area contributed by atoms with Crippen molar-refractivity contribution in [1.82, 2.24) is 19.8 Å². The lowest BCUT2D eigenvalue weighted by molar-refractivity contribution is -0.117. The quantitative estimate of drug-likeness (QED) is 0.354. The van der Waals surface area contributed by atoms with Crippen molar-refractivity contribution in [3.8, 4) is 0 Å². The molecule has 3 heterocycles. The van der Waals surface area contributed by atoms with E-state index >= 15 is 0 Å². The molecule has 0 aliphatic carbocycles. The van der Waals surface area contributed by atoms with Crippen molar-refractivity contribution in [2.75, 3.05) is 55.7 Å². The van der Waals surface area contributed by atoms with Crippen LogP contribution in [0.25, 0.3) is 0 Å².